The molecule has 102 valence electrons. The van der Waals surface area contributed by atoms with Gasteiger partial charge in [-0.05, 0) is 44.2 Å². The maximum absolute atomic E-state index is 6.16. The van der Waals surface area contributed by atoms with E-state index in [9.17, 15) is 0 Å². The van der Waals surface area contributed by atoms with Crippen molar-refractivity contribution in [2.24, 2.45) is 11.7 Å². The minimum Gasteiger partial charge on any atom is -0.370 e. The molecule has 1 fully saturated rings. The van der Waals surface area contributed by atoms with E-state index in [1.807, 2.05) is 0 Å². The molecule has 1 saturated heterocycles. The van der Waals surface area contributed by atoms with Crippen molar-refractivity contribution in [1.82, 2.24) is 4.57 Å². The van der Waals surface area contributed by atoms with Crippen LogP contribution in [0, 0.1) is 5.92 Å². The molecule has 1 aliphatic rings. The molecule has 0 saturated carbocycles. The van der Waals surface area contributed by atoms with E-state index in [-0.39, 0.29) is 11.6 Å². The van der Waals surface area contributed by atoms with E-state index in [0.717, 1.165) is 19.4 Å². The van der Waals surface area contributed by atoms with Crippen LogP contribution in [-0.2, 0) is 11.3 Å². The second-order valence-electron chi connectivity index (χ2n) is 6.45. The first-order valence-corrected chi connectivity index (χ1v) is 6.96. The van der Waals surface area contributed by atoms with Crippen LogP contribution in [0.25, 0.3) is 0 Å². The normalized spacial score (nSPS) is 24.7. The molecule has 2 unspecified atom stereocenters. The molecule has 2 rings (SSSR count). The van der Waals surface area contributed by atoms with Crippen molar-refractivity contribution < 1.29 is 4.74 Å². The van der Waals surface area contributed by atoms with Gasteiger partial charge in [-0.15, -0.1) is 0 Å². The van der Waals surface area contributed by atoms with Gasteiger partial charge >= 0.3 is 0 Å². The first-order chi connectivity index (χ1) is 8.37. The van der Waals surface area contributed by atoms with Gasteiger partial charge in [0.15, 0.2) is 0 Å². The Bertz CT molecular complexity index is 395. The fourth-order valence-corrected chi connectivity index (χ4v) is 2.60. The summed E-state index contributed by atoms with van der Waals surface area (Å²) >= 11 is 0. The molecule has 3 heteroatoms. The van der Waals surface area contributed by atoms with Crippen molar-refractivity contribution in [2.75, 3.05) is 0 Å². The van der Waals surface area contributed by atoms with Gasteiger partial charge in [-0.1, -0.05) is 13.8 Å². The average molecular weight is 250 g/mol. The fourth-order valence-electron chi connectivity index (χ4n) is 2.60. The summed E-state index contributed by atoms with van der Waals surface area (Å²) in [7, 11) is 0. The van der Waals surface area contributed by atoms with Crippen molar-refractivity contribution in [3.05, 3.63) is 24.0 Å². The molecule has 0 aromatic carbocycles. The second-order valence-corrected chi connectivity index (χ2v) is 6.45. The number of ether oxygens (including phenoxy) is 1. The topological polar surface area (TPSA) is 40.2 Å². The zero-order valence-corrected chi connectivity index (χ0v) is 12.0. The molecular weight excluding hydrogens is 224 g/mol. The summed E-state index contributed by atoms with van der Waals surface area (Å²) in [4.78, 5) is 0. The second kappa shape index (κ2) is 5.06. The average Bonchev–Trinajstić information content (AvgIpc) is 2.85. The van der Waals surface area contributed by atoms with Crippen LogP contribution in [0.4, 0.5) is 0 Å². The molecule has 2 heterocycles. The van der Waals surface area contributed by atoms with Crippen molar-refractivity contribution >= 4 is 0 Å². The molecular formula is C15H26N2O. The van der Waals surface area contributed by atoms with Gasteiger partial charge in [0.2, 0.25) is 0 Å². The number of rotatable bonds is 4. The van der Waals surface area contributed by atoms with Crippen molar-refractivity contribution in [2.45, 2.75) is 64.8 Å². The Morgan fingerprint density at radius 1 is 1.50 bits per heavy atom. The third kappa shape index (κ3) is 3.15. The minimum absolute atomic E-state index is 0.0506. The van der Waals surface area contributed by atoms with Gasteiger partial charge in [-0.3, -0.25) is 0 Å². The Hall–Kier alpha value is -0.800. The monoisotopic (exact) mass is 250 g/mol. The lowest BCUT2D eigenvalue weighted by Gasteiger charge is -2.19. The molecule has 1 aliphatic heterocycles. The van der Waals surface area contributed by atoms with Crippen LogP contribution in [-0.4, -0.2) is 16.3 Å². The summed E-state index contributed by atoms with van der Waals surface area (Å²) in [6.07, 6.45) is 6.93. The summed E-state index contributed by atoms with van der Waals surface area (Å²) in [5, 5.41) is 0. The molecule has 0 bridgehead atoms. The van der Waals surface area contributed by atoms with Crippen LogP contribution in [0.1, 0.15) is 52.1 Å². The van der Waals surface area contributed by atoms with E-state index >= 15 is 0 Å². The predicted octanol–water partition coefficient (Wildman–Crippen LogP) is 3.10. The molecule has 3 nitrogen and oxygen atoms in total. The van der Waals surface area contributed by atoms with E-state index in [0.29, 0.717) is 12.0 Å². The van der Waals surface area contributed by atoms with Crippen molar-refractivity contribution in [3.8, 4) is 0 Å². The largest absolute Gasteiger partial charge is 0.370 e. The van der Waals surface area contributed by atoms with Gasteiger partial charge in [0.05, 0.1) is 11.7 Å². The molecule has 18 heavy (non-hydrogen) atoms. The zero-order valence-electron chi connectivity index (χ0n) is 12.0. The van der Waals surface area contributed by atoms with E-state index < -0.39 is 0 Å². The molecule has 2 atom stereocenters. The molecule has 1 aromatic rings. The maximum atomic E-state index is 6.16. The summed E-state index contributed by atoms with van der Waals surface area (Å²) in [5.74, 6) is 0.475. The Morgan fingerprint density at radius 3 is 2.78 bits per heavy atom. The van der Waals surface area contributed by atoms with Crippen LogP contribution in [0.2, 0.25) is 0 Å². The summed E-state index contributed by atoms with van der Waals surface area (Å²) < 4.78 is 8.23. The van der Waals surface area contributed by atoms with Crippen molar-refractivity contribution in [3.63, 3.8) is 0 Å². The summed E-state index contributed by atoms with van der Waals surface area (Å²) in [6.45, 7) is 9.59. The number of hydrogen-bond donors (Lipinski definition) is 1. The first kappa shape index (κ1) is 13.6. The van der Waals surface area contributed by atoms with Gasteiger partial charge in [-0.2, -0.15) is 0 Å². The highest BCUT2D eigenvalue weighted by atomic mass is 16.5. The summed E-state index contributed by atoms with van der Waals surface area (Å²) in [5.41, 5.74) is 7.43. The van der Waals surface area contributed by atoms with Crippen LogP contribution < -0.4 is 5.73 Å². The van der Waals surface area contributed by atoms with E-state index in [4.69, 9.17) is 10.5 Å². The van der Waals surface area contributed by atoms with Crippen LogP contribution in [0.15, 0.2) is 18.5 Å². The number of hydrogen-bond acceptors (Lipinski definition) is 2. The van der Waals surface area contributed by atoms with Gasteiger partial charge in [-0.25, -0.2) is 0 Å². The lowest BCUT2D eigenvalue weighted by atomic mass is 10.00. The minimum atomic E-state index is 0.0506. The molecule has 0 spiro atoms. The highest BCUT2D eigenvalue weighted by Crippen LogP contribution is 2.30. The number of nitrogens with zero attached hydrogens (tertiary/aromatic N) is 1. The van der Waals surface area contributed by atoms with Gasteiger partial charge in [0.25, 0.3) is 0 Å². The first-order valence-electron chi connectivity index (χ1n) is 6.96. The smallest absolute Gasteiger partial charge is 0.0762 e. The van der Waals surface area contributed by atoms with Crippen molar-refractivity contribution in [1.29, 1.82) is 0 Å². The highest BCUT2D eigenvalue weighted by molar-refractivity contribution is 5.15. The Balaban J connectivity index is 1.95. The molecule has 0 aliphatic carbocycles. The Labute approximate surface area is 110 Å². The van der Waals surface area contributed by atoms with E-state index in [1.165, 1.54) is 5.56 Å². The molecule has 0 amide bonds. The van der Waals surface area contributed by atoms with Gasteiger partial charge < -0.3 is 15.0 Å². The molecule has 1 aromatic heterocycles. The van der Waals surface area contributed by atoms with Gasteiger partial charge in [0.1, 0.15) is 0 Å². The van der Waals surface area contributed by atoms with Crippen LogP contribution >= 0.6 is 0 Å². The summed E-state index contributed by atoms with van der Waals surface area (Å²) in [6, 6.07) is 2.26. The van der Waals surface area contributed by atoms with Crippen LogP contribution in [0.5, 0.6) is 0 Å². The maximum Gasteiger partial charge on any atom is 0.0762 e. The predicted molar refractivity (Wildman–Crippen MR) is 74.4 cm³/mol. The standard InChI is InChI=1S/C15H26N2O/c1-11(2)14(16)12-6-8-17(9-12)10-13-5-7-15(3,4)18-13/h6,8-9,11,13-14H,5,7,10,16H2,1-4H3. The third-order valence-electron chi connectivity index (χ3n) is 3.85. The molecule has 0 radical (unpaired) electrons. The van der Waals surface area contributed by atoms with Gasteiger partial charge in [0, 0.05) is 25.0 Å². The number of nitrogens with two attached hydrogens (primary N) is 1. The molecule has 2 N–H and O–H groups in total. The van der Waals surface area contributed by atoms with E-state index in [1.54, 1.807) is 0 Å². The quantitative estimate of drug-likeness (QED) is 0.892. The fraction of sp³-hybridized carbons (Fsp3) is 0.733. The van der Waals surface area contributed by atoms with Crippen LogP contribution in [0.3, 0.4) is 0 Å². The Morgan fingerprint density at radius 2 is 2.22 bits per heavy atom. The number of aromatic nitrogens is 1. The Kier molecular flexibility index (Phi) is 3.83. The lowest BCUT2D eigenvalue weighted by molar-refractivity contribution is -0.0216. The van der Waals surface area contributed by atoms with E-state index in [2.05, 4.69) is 50.7 Å². The lowest BCUT2D eigenvalue weighted by Crippen LogP contribution is -2.22. The SMILES string of the molecule is CC(C)C(N)c1ccn(CC2CCC(C)(C)O2)c1. The highest BCUT2D eigenvalue weighted by Gasteiger charge is 2.31. The zero-order chi connectivity index (χ0) is 13.3. The third-order valence-corrected chi connectivity index (χ3v) is 3.85.